The number of benzene rings is 1. The Morgan fingerprint density at radius 3 is 2.75 bits per heavy atom. The third kappa shape index (κ3) is 2.38. The third-order valence-electron chi connectivity index (χ3n) is 3.63. The molecule has 1 N–H and O–H groups in total. The third-order valence-corrected chi connectivity index (χ3v) is 3.63. The zero-order valence-corrected chi connectivity index (χ0v) is 10.4. The summed E-state index contributed by atoms with van der Waals surface area (Å²) < 4.78 is 0. The number of rotatable bonds is 5. The molecule has 1 aromatic carbocycles. The summed E-state index contributed by atoms with van der Waals surface area (Å²) in [7, 11) is 0. The maximum atomic E-state index is 3.49. The number of anilines is 1. The minimum Gasteiger partial charge on any atom is -0.384 e. The SMILES string of the molecule is CCN(CC)CCC1CNc2ccccc21. The second-order valence-corrected chi connectivity index (χ2v) is 4.48. The number of hydrogen-bond acceptors (Lipinski definition) is 2. The van der Waals surface area contributed by atoms with E-state index in [1.807, 2.05) is 0 Å². The first-order valence-corrected chi connectivity index (χ1v) is 6.40. The van der Waals surface area contributed by atoms with Crippen LogP contribution < -0.4 is 5.32 Å². The molecule has 0 bridgehead atoms. The summed E-state index contributed by atoms with van der Waals surface area (Å²) in [6, 6.07) is 8.71. The van der Waals surface area contributed by atoms with Crippen molar-refractivity contribution in [1.29, 1.82) is 0 Å². The van der Waals surface area contributed by atoms with Crippen molar-refractivity contribution in [2.24, 2.45) is 0 Å². The highest BCUT2D eigenvalue weighted by Gasteiger charge is 2.21. The molecule has 88 valence electrons. The molecule has 0 spiro atoms. The Hall–Kier alpha value is -1.02. The van der Waals surface area contributed by atoms with E-state index in [0.717, 1.165) is 19.6 Å². The zero-order chi connectivity index (χ0) is 11.4. The molecule has 1 aromatic rings. The molecule has 2 rings (SSSR count). The first-order chi connectivity index (χ1) is 7.85. The fourth-order valence-corrected chi connectivity index (χ4v) is 2.49. The highest BCUT2D eigenvalue weighted by atomic mass is 15.1. The van der Waals surface area contributed by atoms with Crippen molar-refractivity contribution in [1.82, 2.24) is 4.90 Å². The molecule has 0 aliphatic carbocycles. The van der Waals surface area contributed by atoms with E-state index in [-0.39, 0.29) is 0 Å². The lowest BCUT2D eigenvalue weighted by Crippen LogP contribution is -2.25. The van der Waals surface area contributed by atoms with E-state index >= 15 is 0 Å². The minimum absolute atomic E-state index is 0.705. The Morgan fingerprint density at radius 2 is 2.00 bits per heavy atom. The standard InChI is InChI=1S/C14H22N2/c1-3-16(4-2)10-9-12-11-15-14-8-6-5-7-13(12)14/h5-8,12,15H,3-4,9-11H2,1-2H3. The average Bonchev–Trinajstić information content (AvgIpc) is 2.74. The minimum atomic E-state index is 0.705. The van der Waals surface area contributed by atoms with Gasteiger partial charge in [0.25, 0.3) is 0 Å². The van der Waals surface area contributed by atoms with Gasteiger partial charge in [-0.2, -0.15) is 0 Å². The van der Waals surface area contributed by atoms with Crippen LogP contribution in [0, 0.1) is 0 Å². The molecule has 1 unspecified atom stereocenters. The van der Waals surface area contributed by atoms with Crippen molar-refractivity contribution >= 4 is 5.69 Å². The van der Waals surface area contributed by atoms with Crippen LogP contribution in [-0.4, -0.2) is 31.1 Å². The predicted molar refractivity (Wildman–Crippen MR) is 70.1 cm³/mol. The van der Waals surface area contributed by atoms with Gasteiger partial charge in [-0.15, -0.1) is 0 Å². The van der Waals surface area contributed by atoms with Gasteiger partial charge in [0.1, 0.15) is 0 Å². The zero-order valence-electron chi connectivity index (χ0n) is 10.4. The largest absolute Gasteiger partial charge is 0.384 e. The van der Waals surface area contributed by atoms with Crippen LogP contribution in [0.1, 0.15) is 31.7 Å². The van der Waals surface area contributed by atoms with Gasteiger partial charge in [-0.1, -0.05) is 32.0 Å². The number of fused-ring (bicyclic) bond motifs is 1. The van der Waals surface area contributed by atoms with Crippen molar-refractivity contribution in [2.75, 3.05) is 31.5 Å². The van der Waals surface area contributed by atoms with Crippen LogP contribution >= 0.6 is 0 Å². The molecule has 0 saturated heterocycles. The van der Waals surface area contributed by atoms with E-state index in [9.17, 15) is 0 Å². The smallest absolute Gasteiger partial charge is 0.0376 e. The van der Waals surface area contributed by atoms with Gasteiger partial charge in [0.15, 0.2) is 0 Å². The molecule has 2 nitrogen and oxygen atoms in total. The van der Waals surface area contributed by atoms with Crippen molar-refractivity contribution in [3.8, 4) is 0 Å². The fraction of sp³-hybridized carbons (Fsp3) is 0.571. The van der Waals surface area contributed by atoms with Gasteiger partial charge in [0.2, 0.25) is 0 Å². The Kier molecular flexibility index (Phi) is 3.83. The maximum absolute atomic E-state index is 3.49. The number of para-hydroxylation sites is 1. The molecular weight excluding hydrogens is 196 g/mol. The van der Waals surface area contributed by atoms with Crippen molar-refractivity contribution in [2.45, 2.75) is 26.2 Å². The van der Waals surface area contributed by atoms with Gasteiger partial charge >= 0.3 is 0 Å². The summed E-state index contributed by atoms with van der Waals surface area (Å²) in [5.74, 6) is 0.705. The lowest BCUT2D eigenvalue weighted by molar-refractivity contribution is 0.292. The molecule has 16 heavy (non-hydrogen) atoms. The highest BCUT2D eigenvalue weighted by Crippen LogP contribution is 2.33. The summed E-state index contributed by atoms with van der Waals surface area (Å²) in [5.41, 5.74) is 2.85. The first kappa shape index (κ1) is 11.5. The van der Waals surface area contributed by atoms with Crippen LogP contribution in [0.15, 0.2) is 24.3 Å². The average molecular weight is 218 g/mol. The molecular formula is C14H22N2. The molecule has 0 amide bonds. The molecule has 0 fully saturated rings. The summed E-state index contributed by atoms with van der Waals surface area (Å²) in [4.78, 5) is 2.50. The van der Waals surface area contributed by atoms with Gasteiger partial charge in [0, 0.05) is 18.2 Å². The quantitative estimate of drug-likeness (QED) is 0.817. The molecule has 1 atom stereocenters. The second kappa shape index (κ2) is 5.35. The van der Waals surface area contributed by atoms with Crippen LogP contribution in [0.5, 0.6) is 0 Å². The Morgan fingerprint density at radius 1 is 1.25 bits per heavy atom. The number of nitrogens with one attached hydrogen (secondary N) is 1. The first-order valence-electron chi connectivity index (χ1n) is 6.40. The van der Waals surface area contributed by atoms with Gasteiger partial charge < -0.3 is 10.2 Å². The van der Waals surface area contributed by atoms with Gasteiger partial charge in [-0.3, -0.25) is 0 Å². The van der Waals surface area contributed by atoms with E-state index in [4.69, 9.17) is 0 Å². The van der Waals surface area contributed by atoms with Crippen molar-refractivity contribution in [3.05, 3.63) is 29.8 Å². The Labute approximate surface area is 98.7 Å². The summed E-state index contributed by atoms with van der Waals surface area (Å²) in [5, 5.41) is 3.49. The second-order valence-electron chi connectivity index (χ2n) is 4.48. The summed E-state index contributed by atoms with van der Waals surface area (Å²) in [6.07, 6.45) is 1.27. The number of hydrogen-bond donors (Lipinski definition) is 1. The van der Waals surface area contributed by atoms with Gasteiger partial charge in [-0.05, 0) is 37.7 Å². The van der Waals surface area contributed by atoms with Crippen molar-refractivity contribution in [3.63, 3.8) is 0 Å². The van der Waals surface area contributed by atoms with E-state index < -0.39 is 0 Å². The van der Waals surface area contributed by atoms with Gasteiger partial charge in [-0.25, -0.2) is 0 Å². The normalized spacial score (nSPS) is 18.6. The van der Waals surface area contributed by atoms with Crippen LogP contribution in [0.25, 0.3) is 0 Å². The monoisotopic (exact) mass is 218 g/mol. The summed E-state index contributed by atoms with van der Waals surface area (Å²) in [6.45, 7) is 9.14. The lowest BCUT2D eigenvalue weighted by Gasteiger charge is -2.20. The predicted octanol–water partition coefficient (Wildman–Crippen LogP) is 2.93. The molecule has 1 heterocycles. The van der Waals surface area contributed by atoms with E-state index in [1.54, 1.807) is 0 Å². The van der Waals surface area contributed by atoms with E-state index in [0.29, 0.717) is 5.92 Å². The van der Waals surface area contributed by atoms with Crippen LogP contribution in [0.4, 0.5) is 5.69 Å². The molecule has 0 radical (unpaired) electrons. The Bertz CT molecular complexity index is 331. The lowest BCUT2D eigenvalue weighted by atomic mass is 9.98. The Balaban J connectivity index is 1.93. The molecule has 0 saturated carbocycles. The highest BCUT2D eigenvalue weighted by molar-refractivity contribution is 5.57. The molecule has 1 aliphatic heterocycles. The van der Waals surface area contributed by atoms with Crippen LogP contribution in [0.2, 0.25) is 0 Å². The summed E-state index contributed by atoms with van der Waals surface area (Å²) >= 11 is 0. The maximum Gasteiger partial charge on any atom is 0.0376 e. The number of nitrogens with zero attached hydrogens (tertiary/aromatic N) is 1. The fourth-order valence-electron chi connectivity index (χ4n) is 2.49. The van der Waals surface area contributed by atoms with Crippen LogP contribution in [-0.2, 0) is 0 Å². The van der Waals surface area contributed by atoms with E-state index in [1.165, 1.54) is 24.2 Å². The molecule has 1 aliphatic rings. The topological polar surface area (TPSA) is 15.3 Å². The molecule has 0 aromatic heterocycles. The van der Waals surface area contributed by atoms with Gasteiger partial charge in [0.05, 0.1) is 0 Å². The molecule has 2 heteroatoms. The van der Waals surface area contributed by atoms with E-state index in [2.05, 4.69) is 48.3 Å². The van der Waals surface area contributed by atoms with Crippen molar-refractivity contribution < 1.29 is 0 Å². The van der Waals surface area contributed by atoms with Crippen LogP contribution in [0.3, 0.4) is 0 Å².